The van der Waals surface area contributed by atoms with E-state index >= 15 is 0 Å². The van der Waals surface area contributed by atoms with Crippen LogP contribution in [0.4, 0.5) is 4.79 Å². The van der Waals surface area contributed by atoms with E-state index in [1.54, 1.807) is 11.9 Å². The van der Waals surface area contributed by atoms with Crippen molar-refractivity contribution in [2.75, 3.05) is 13.7 Å². The fourth-order valence-electron chi connectivity index (χ4n) is 2.52. The van der Waals surface area contributed by atoms with E-state index in [0.717, 1.165) is 22.6 Å². The van der Waals surface area contributed by atoms with E-state index in [-0.39, 0.29) is 12.1 Å². The molecule has 140 valence electrons. The SMILES string of the molecule is CCOc1ccc(CN(C)C(=O)NCc2cccc(OC(C)C)c2)cc1. The summed E-state index contributed by atoms with van der Waals surface area (Å²) < 4.78 is 11.1. The van der Waals surface area contributed by atoms with Crippen LogP contribution >= 0.6 is 0 Å². The number of nitrogens with one attached hydrogen (secondary N) is 1. The summed E-state index contributed by atoms with van der Waals surface area (Å²) in [5.74, 6) is 1.65. The Kier molecular flexibility index (Phi) is 7.33. The second kappa shape index (κ2) is 9.70. The third kappa shape index (κ3) is 6.31. The van der Waals surface area contributed by atoms with Gasteiger partial charge in [-0.2, -0.15) is 0 Å². The smallest absolute Gasteiger partial charge is 0.317 e. The number of urea groups is 1. The highest BCUT2D eigenvalue weighted by Crippen LogP contribution is 2.15. The molecule has 1 N–H and O–H groups in total. The minimum Gasteiger partial charge on any atom is -0.494 e. The van der Waals surface area contributed by atoms with Gasteiger partial charge in [0, 0.05) is 20.1 Å². The van der Waals surface area contributed by atoms with Gasteiger partial charge >= 0.3 is 6.03 Å². The summed E-state index contributed by atoms with van der Waals surface area (Å²) >= 11 is 0. The number of hydrogen-bond donors (Lipinski definition) is 1. The van der Waals surface area contributed by atoms with Crippen LogP contribution in [0, 0.1) is 0 Å². The van der Waals surface area contributed by atoms with Crippen molar-refractivity contribution in [3.8, 4) is 11.5 Å². The first-order chi connectivity index (χ1) is 12.5. The van der Waals surface area contributed by atoms with Gasteiger partial charge in [-0.25, -0.2) is 4.79 Å². The lowest BCUT2D eigenvalue weighted by atomic mass is 10.2. The molecule has 0 aromatic heterocycles. The largest absolute Gasteiger partial charge is 0.494 e. The Labute approximate surface area is 155 Å². The highest BCUT2D eigenvalue weighted by molar-refractivity contribution is 5.73. The van der Waals surface area contributed by atoms with E-state index in [1.807, 2.05) is 69.3 Å². The van der Waals surface area contributed by atoms with Crippen LogP contribution in [0.3, 0.4) is 0 Å². The highest BCUT2D eigenvalue weighted by atomic mass is 16.5. The molecule has 0 aliphatic carbocycles. The first-order valence-electron chi connectivity index (χ1n) is 8.94. The zero-order valence-corrected chi connectivity index (χ0v) is 16.0. The number of hydrogen-bond acceptors (Lipinski definition) is 3. The monoisotopic (exact) mass is 356 g/mol. The second-order valence-electron chi connectivity index (χ2n) is 6.41. The van der Waals surface area contributed by atoms with Crippen LogP contribution in [0.2, 0.25) is 0 Å². The van der Waals surface area contributed by atoms with Crippen LogP contribution in [0.15, 0.2) is 48.5 Å². The van der Waals surface area contributed by atoms with Gasteiger partial charge in [0.2, 0.25) is 0 Å². The molecule has 0 heterocycles. The van der Waals surface area contributed by atoms with Crippen LogP contribution in [-0.4, -0.2) is 30.7 Å². The quantitative estimate of drug-likeness (QED) is 0.771. The van der Waals surface area contributed by atoms with Crippen molar-refractivity contribution >= 4 is 6.03 Å². The average Bonchev–Trinajstić information content (AvgIpc) is 2.61. The molecule has 0 spiro atoms. The molecular weight excluding hydrogens is 328 g/mol. The molecule has 5 nitrogen and oxygen atoms in total. The molecule has 0 atom stereocenters. The lowest BCUT2D eigenvalue weighted by molar-refractivity contribution is 0.206. The van der Waals surface area contributed by atoms with E-state index in [2.05, 4.69) is 5.32 Å². The first-order valence-corrected chi connectivity index (χ1v) is 8.94. The number of carbonyl (C=O) groups excluding carboxylic acids is 1. The Balaban J connectivity index is 1.85. The van der Waals surface area contributed by atoms with Crippen molar-refractivity contribution in [3.05, 3.63) is 59.7 Å². The molecule has 26 heavy (non-hydrogen) atoms. The van der Waals surface area contributed by atoms with Gasteiger partial charge in [0.25, 0.3) is 0 Å². The maximum Gasteiger partial charge on any atom is 0.317 e. The molecule has 2 amide bonds. The number of ether oxygens (including phenoxy) is 2. The van der Waals surface area contributed by atoms with Gasteiger partial charge in [-0.05, 0) is 56.2 Å². The van der Waals surface area contributed by atoms with E-state index in [1.165, 1.54) is 0 Å². The maximum atomic E-state index is 12.3. The summed E-state index contributed by atoms with van der Waals surface area (Å²) in [5, 5.41) is 2.94. The summed E-state index contributed by atoms with van der Waals surface area (Å²) in [6, 6.07) is 15.5. The molecule has 0 saturated carbocycles. The van der Waals surface area contributed by atoms with Crippen LogP contribution in [0.5, 0.6) is 11.5 Å². The summed E-state index contributed by atoms with van der Waals surface area (Å²) in [7, 11) is 1.78. The maximum absolute atomic E-state index is 12.3. The van der Waals surface area contributed by atoms with Crippen molar-refractivity contribution < 1.29 is 14.3 Å². The van der Waals surface area contributed by atoms with Crippen molar-refractivity contribution in [1.29, 1.82) is 0 Å². The summed E-state index contributed by atoms with van der Waals surface area (Å²) in [6.07, 6.45) is 0.125. The summed E-state index contributed by atoms with van der Waals surface area (Å²) in [6.45, 7) is 7.58. The average molecular weight is 356 g/mol. The van der Waals surface area contributed by atoms with Gasteiger partial charge in [-0.1, -0.05) is 24.3 Å². The van der Waals surface area contributed by atoms with Crippen LogP contribution in [0.1, 0.15) is 31.9 Å². The van der Waals surface area contributed by atoms with Gasteiger partial charge in [-0.15, -0.1) is 0 Å². The molecule has 0 aliphatic heterocycles. The van der Waals surface area contributed by atoms with E-state index in [9.17, 15) is 4.79 Å². The first kappa shape index (κ1) is 19.6. The molecule has 0 fully saturated rings. The van der Waals surface area contributed by atoms with Crippen molar-refractivity contribution in [2.24, 2.45) is 0 Å². The predicted octanol–water partition coefficient (Wildman–Crippen LogP) is 4.21. The lowest BCUT2D eigenvalue weighted by Gasteiger charge is -2.18. The van der Waals surface area contributed by atoms with Gasteiger partial charge in [0.1, 0.15) is 11.5 Å². The molecule has 0 saturated heterocycles. The zero-order chi connectivity index (χ0) is 18.9. The number of carbonyl (C=O) groups is 1. The fourth-order valence-corrected chi connectivity index (χ4v) is 2.52. The van der Waals surface area contributed by atoms with Gasteiger partial charge < -0.3 is 19.7 Å². The predicted molar refractivity (Wildman–Crippen MR) is 104 cm³/mol. The Bertz CT molecular complexity index is 699. The molecule has 0 aliphatic rings. The summed E-state index contributed by atoms with van der Waals surface area (Å²) in [5.41, 5.74) is 2.06. The molecule has 0 unspecified atom stereocenters. The van der Waals surface area contributed by atoms with Crippen LogP contribution < -0.4 is 14.8 Å². The zero-order valence-electron chi connectivity index (χ0n) is 16.0. The Hall–Kier alpha value is -2.69. The number of amides is 2. The van der Waals surface area contributed by atoms with Crippen molar-refractivity contribution in [1.82, 2.24) is 10.2 Å². The minimum atomic E-state index is -0.117. The second-order valence-corrected chi connectivity index (χ2v) is 6.41. The fraction of sp³-hybridized carbons (Fsp3) is 0.381. The summed E-state index contributed by atoms with van der Waals surface area (Å²) in [4.78, 5) is 14.0. The van der Waals surface area contributed by atoms with Crippen molar-refractivity contribution in [3.63, 3.8) is 0 Å². The Morgan fingerprint density at radius 1 is 1.08 bits per heavy atom. The Morgan fingerprint density at radius 3 is 2.46 bits per heavy atom. The number of benzene rings is 2. The van der Waals surface area contributed by atoms with E-state index in [0.29, 0.717) is 19.7 Å². The minimum absolute atomic E-state index is 0.117. The molecule has 2 aromatic rings. The molecule has 0 bridgehead atoms. The van der Waals surface area contributed by atoms with Crippen LogP contribution in [0.25, 0.3) is 0 Å². The molecule has 2 aromatic carbocycles. The van der Waals surface area contributed by atoms with Gasteiger partial charge in [0.15, 0.2) is 0 Å². The lowest BCUT2D eigenvalue weighted by Crippen LogP contribution is -2.36. The van der Waals surface area contributed by atoms with Crippen LogP contribution in [-0.2, 0) is 13.1 Å². The molecule has 0 radical (unpaired) electrons. The normalized spacial score (nSPS) is 10.5. The Morgan fingerprint density at radius 2 is 1.81 bits per heavy atom. The number of nitrogens with zero attached hydrogens (tertiary/aromatic N) is 1. The van der Waals surface area contributed by atoms with E-state index < -0.39 is 0 Å². The molecule has 5 heteroatoms. The molecular formula is C21H28N2O3. The topological polar surface area (TPSA) is 50.8 Å². The standard InChI is InChI=1S/C21H28N2O3/c1-5-25-19-11-9-17(10-12-19)15-23(4)21(24)22-14-18-7-6-8-20(13-18)26-16(2)3/h6-13,16H,5,14-15H2,1-4H3,(H,22,24). The number of rotatable bonds is 8. The third-order valence-corrected chi connectivity index (χ3v) is 3.71. The third-order valence-electron chi connectivity index (χ3n) is 3.71. The van der Waals surface area contributed by atoms with Crippen molar-refractivity contribution in [2.45, 2.75) is 40.0 Å². The molecule has 2 rings (SSSR count). The van der Waals surface area contributed by atoms with Gasteiger partial charge in [-0.3, -0.25) is 0 Å². The van der Waals surface area contributed by atoms with Gasteiger partial charge in [0.05, 0.1) is 12.7 Å². The highest BCUT2D eigenvalue weighted by Gasteiger charge is 2.09. The van der Waals surface area contributed by atoms with E-state index in [4.69, 9.17) is 9.47 Å².